The van der Waals surface area contributed by atoms with Crippen LogP contribution in [0.3, 0.4) is 0 Å². The molecular formula is C14H22N4O. The van der Waals surface area contributed by atoms with Gasteiger partial charge in [-0.3, -0.25) is 9.69 Å². The minimum absolute atomic E-state index is 0.269. The van der Waals surface area contributed by atoms with Gasteiger partial charge in [0.05, 0.1) is 6.04 Å². The minimum Gasteiger partial charge on any atom is -0.368 e. The Labute approximate surface area is 114 Å². The van der Waals surface area contributed by atoms with Crippen molar-refractivity contribution in [1.29, 1.82) is 0 Å². The number of nitrogens with two attached hydrogens (primary N) is 2. The average molecular weight is 262 g/mol. The van der Waals surface area contributed by atoms with Gasteiger partial charge in [0.25, 0.3) is 0 Å². The van der Waals surface area contributed by atoms with Crippen molar-refractivity contribution in [3.63, 3.8) is 0 Å². The van der Waals surface area contributed by atoms with E-state index in [1.807, 2.05) is 18.2 Å². The normalized spacial score (nSPS) is 23.2. The topological polar surface area (TPSA) is 75.6 Å². The van der Waals surface area contributed by atoms with Crippen molar-refractivity contribution in [3.8, 4) is 0 Å². The third-order valence-corrected chi connectivity index (χ3v) is 3.68. The zero-order valence-electron chi connectivity index (χ0n) is 11.3. The van der Waals surface area contributed by atoms with E-state index in [1.54, 1.807) is 0 Å². The summed E-state index contributed by atoms with van der Waals surface area (Å²) >= 11 is 0. The van der Waals surface area contributed by atoms with Gasteiger partial charge >= 0.3 is 0 Å². The van der Waals surface area contributed by atoms with E-state index in [0.717, 1.165) is 19.6 Å². The Balaban J connectivity index is 2.13. The molecule has 1 aliphatic heterocycles. The van der Waals surface area contributed by atoms with E-state index in [1.165, 1.54) is 5.56 Å². The lowest BCUT2D eigenvalue weighted by molar-refractivity contribution is -0.120. The van der Waals surface area contributed by atoms with Gasteiger partial charge in [-0.2, -0.15) is 0 Å². The van der Waals surface area contributed by atoms with Gasteiger partial charge in [-0.25, -0.2) is 0 Å². The van der Waals surface area contributed by atoms with Crippen molar-refractivity contribution < 1.29 is 4.79 Å². The average Bonchev–Trinajstić information content (AvgIpc) is 2.41. The summed E-state index contributed by atoms with van der Waals surface area (Å²) in [4.78, 5) is 15.7. The third-order valence-electron chi connectivity index (χ3n) is 3.68. The highest BCUT2D eigenvalue weighted by Gasteiger charge is 2.28. The molecule has 2 rings (SSSR count). The van der Waals surface area contributed by atoms with Gasteiger partial charge in [-0.1, -0.05) is 30.3 Å². The summed E-state index contributed by atoms with van der Waals surface area (Å²) in [6.07, 6.45) is 0. The highest BCUT2D eigenvalue weighted by Crippen LogP contribution is 2.24. The Morgan fingerprint density at radius 2 is 2.05 bits per heavy atom. The molecular weight excluding hydrogens is 240 g/mol. The fraction of sp³-hybridized carbons (Fsp3) is 0.500. The lowest BCUT2D eigenvalue weighted by Gasteiger charge is -2.41. The van der Waals surface area contributed by atoms with Crippen LogP contribution in [0.15, 0.2) is 30.3 Å². The number of benzene rings is 1. The molecule has 1 heterocycles. The van der Waals surface area contributed by atoms with Gasteiger partial charge in [-0.05, 0) is 12.6 Å². The number of likely N-dealkylation sites (N-methyl/N-ethyl adjacent to an activating group) is 1. The predicted molar refractivity (Wildman–Crippen MR) is 75.4 cm³/mol. The first kappa shape index (κ1) is 14.0. The van der Waals surface area contributed by atoms with Crippen molar-refractivity contribution >= 4 is 5.91 Å². The van der Waals surface area contributed by atoms with Crippen molar-refractivity contribution in [2.75, 3.05) is 33.2 Å². The zero-order valence-corrected chi connectivity index (χ0v) is 11.3. The molecule has 0 spiro atoms. The van der Waals surface area contributed by atoms with E-state index >= 15 is 0 Å². The molecule has 0 aromatic heterocycles. The molecule has 1 aromatic carbocycles. The van der Waals surface area contributed by atoms with Crippen molar-refractivity contribution in [2.24, 2.45) is 11.5 Å². The van der Waals surface area contributed by atoms with Gasteiger partial charge in [0, 0.05) is 32.2 Å². The number of nitrogens with zero attached hydrogens (tertiary/aromatic N) is 2. The van der Waals surface area contributed by atoms with E-state index in [2.05, 4.69) is 29.0 Å². The van der Waals surface area contributed by atoms with Crippen LogP contribution in [0, 0.1) is 0 Å². The SMILES string of the molecule is CN1CCN(CC(N)C(N)=O)C(c2ccccc2)C1. The maximum Gasteiger partial charge on any atom is 0.235 e. The van der Waals surface area contributed by atoms with Gasteiger partial charge in [-0.15, -0.1) is 0 Å². The summed E-state index contributed by atoms with van der Waals surface area (Å²) in [5.41, 5.74) is 12.3. The first-order chi connectivity index (χ1) is 9.08. The second-order valence-electron chi connectivity index (χ2n) is 5.19. The summed E-state index contributed by atoms with van der Waals surface area (Å²) in [7, 11) is 2.11. The van der Waals surface area contributed by atoms with Gasteiger partial charge in [0.15, 0.2) is 0 Å². The van der Waals surface area contributed by atoms with Crippen LogP contribution in [0.4, 0.5) is 0 Å². The molecule has 2 unspecified atom stereocenters. The Kier molecular flexibility index (Phi) is 4.52. The Morgan fingerprint density at radius 1 is 1.37 bits per heavy atom. The summed E-state index contributed by atoms with van der Waals surface area (Å²) in [6.45, 7) is 3.34. The van der Waals surface area contributed by atoms with Crippen LogP contribution in [-0.2, 0) is 4.79 Å². The van der Waals surface area contributed by atoms with Crippen molar-refractivity contribution in [1.82, 2.24) is 9.80 Å². The molecule has 1 fully saturated rings. The number of hydrogen-bond donors (Lipinski definition) is 2. The molecule has 2 atom stereocenters. The predicted octanol–water partition coefficient (Wildman–Crippen LogP) is -0.212. The molecule has 5 heteroatoms. The molecule has 4 N–H and O–H groups in total. The second-order valence-corrected chi connectivity index (χ2v) is 5.19. The molecule has 0 saturated carbocycles. The van der Waals surface area contributed by atoms with E-state index in [0.29, 0.717) is 6.54 Å². The number of piperazine rings is 1. The summed E-state index contributed by atoms with van der Waals surface area (Å²) < 4.78 is 0. The molecule has 104 valence electrons. The van der Waals surface area contributed by atoms with Crippen LogP contribution in [0.1, 0.15) is 11.6 Å². The molecule has 1 aliphatic rings. The van der Waals surface area contributed by atoms with Crippen LogP contribution in [0.5, 0.6) is 0 Å². The Bertz CT molecular complexity index is 423. The van der Waals surface area contributed by atoms with Gasteiger partial charge < -0.3 is 16.4 Å². The fourth-order valence-corrected chi connectivity index (χ4v) is 2.51. The van der Waals surface area contributed by atoms with Crippen molar-refractivity contribution in [2.45, 2.75) is 12.1 Å². The molecule has 0 bridgehead atoms. The first-order valence-corrected chi connectivity index (χ1v) is 6.60. The number of carbonyl (C=O) groups is 1. The van der Waals surface area contributed by atoms with E-state index in [4.69, 9.17) is 11.5 Å². The first-order valence-electron chi connectivity index (χ1n) is 6.60. The lowest BCUT2D eigenvalue weighted by Crippen LogP contribution is -2.53. The number of rotatable bonds is 4. The molecule has 1 amide bonds. The number of hydrogen-bond acceptors (Lipinski definition) is 4. The smallest absolute Gasteiger partial charge is 0.235 e. The zero-order chi connectivity index (χ0) is 13.8. The number of primary amides is 1. The molecule has 0 aliphatic carbocycles. The standard InChI is InChI=1S/C14H22N4O/c1-17-7-8-18(9-12(15)14(16)19)13(10-17)11-5-3-2-4-6-11/h2-6,12-13H,7-10,15H2,1H3,(H2,16,19). The number of amides is 1. The van der Waals surface area contributed by atoms with Gasteiger partial charge in [0.2, 0.25) is 5.91 Å². The van der Waals surface area contributed by atoms with Crippen molar-refractivity contribution in [3.05, 3.63) is 35.9 Å². The summed E-state index contributed by atoms with van der Waals surface area (Å²) in [5.74, 6) is -0.439. The van der Waals surface area contributed by atoms with Crippen LogP contribution in [0.25, 0.3) is 0 Å². The molecule has 1 saturated heterocycles. The number of carbonyl (C=O) groups excluding carboxylic acids is 1. The maximum atomic E-state index is 11.1. The Morgan fingerprint density at radius 3 is 2.68 bits per heavy atom. The molecule has 19 heavy (non-hydrogen) atoms. The Hall–Kier alpha value is -1.43. The van der Waals surface area contributed by atoms with Crippen LogP contribution in [0.2, 0.25) is 0 Å². The third kappa shape index (κ3) is 3.53. The maximum absolute atomic E-state index is 11.1. The monoisotopic (exact) mass is 262 g/mol. The largest absolute Gasteiger partial charge is 0.368 e. The second kappa shape index (κ2) is 6.14. The quantitative estimate of drug-likeness (QED) is 0.787. The van der Waals surface area contributed by atoms with E-state index < -0.39 is 11.9 Å². The highest BCUT2D eigenvalue weighted by atomic mass is 16.1. The fourth-order valence-electron chi connectivity index (χ4n) is 2.51. The highest BCUT2D eigenvalue weighted by molar-refractivity contribution is 5.79. The van der Waals surface area contributed by atoms with E-state index in [9.17, 15) is 4.79 Å². The molecule has 5 nitrogen and oxygen atoms in total. The minimum atomic E-state index is -0.602. The molecule has 0 radical (unpaired) electrons. The van der Waals surface area contributed by atoms with Crippen LogP contribution >= 0.6 is 0 Å². The molecule has 1 aromatic rings. The van der Waals surface area contributed by atoms with Crippen LogP contribution in [-0.4, -0.2) is 55.0 Å². The van der Waals surface area contributed by atoms with Crippen LogP contribution < -0.4 is 11.5 Å². The summed E-state index contributed by atoms with van der Waals surface area (Å²) in [6, 6.07) is 9.99. The summed E-state index contributed by atoms with van der Waals surface area (Å²) in [5, 5.41) is 0. The van der Waals surface area contributed by atoms with E-state index in [-0.39, 0.29) is 6.04 Å². The van der Waals surface area contributed by atoms with Gasteiger partial charge in [0.1, 0.15) is 0 Å². The lowest BCUT2D eigenvalue weighted by atomic mass is 10.0.